The first-order chi connectivity index (χ1) is 9.95. The summed E-state index contributed by atoms with van der Waals surface area (Å²) in [5.41, 5.74) is 6.85. The first kappa shape index (κ1) is 15.2. The SMILES string of the molecule is COC(=O)c1c(NC(C)C)nn(-c2ccccc2Cl)c1N. The van der Waals surface area contributed by atoms with E-state index in [1.54, 1.807) is 18.2 Å². The number of nitrogen functional groups attached to an aromatic ring is 1. The summed E-state index contributed by atoms with van der Waals surface area (Å²) in [6, 6.07) is 7.20. The Balaban J connectivity index is 2.61. The molecule has 3 N–H and O–H groups in total. The van der Waals surface area contributed by atoms with Gasteiger partial charge in [0.15, 0.2) is 5.82 Å². The maximum atomic E-state index is 11.9. The number of nitrogens with two attached hydrogens (primary N) is 1. The Morgan fingerprint density at radius 3 is 2.67 bits per heavy atom. The third-order valence-corrected chi connectivity index (χ3v) is 3.14. The molecule has 0 aliphatic rings. The van der Waals surface area contributed by atoms with E-state index in [4.69, 9.17) is 22.1 Å². The van der Waals surface area contributed by atoms with Crippen LogP contribution in [0.5, 0.6) is 0 Å². The van der Waals surface area contributed by atoms with Crippen molar-refractivity contribution in [3.63, 3.8) is 0 Å². The van der Waals surface area contributed by atoms with Gasteiger partial charge in [-0.2, -0.15) is 0 Å². The highest BCUT2D eigenvalue weighted by Gasteiger charge is 2.24. The molecule has 0 fully saturated rings. The Morgan fingerprint density at radius 2 is 2.10 bits per heavy atom. The molecule has 1 aromatic heterocycles. The quantitative estimate of drug-likeness (QED) is 0.849. The number of carbonyl (C=O) groups is 1. The molecule has 2 aromatic rings. The van der Waals surface area contributed by atoms with E-state index in [1.165, 1.54) is 11.8 Å². The predicted molar refractivity (Wildman–Crippen MR) is 83.1 cm³/mol. The molecule has 2 rings (SSSR count). The van der Waals surface area contributed by atoms with Crippen LogP contribution in [0.25, 0.3) is 5.69 Å². The predicted octanol–water partition coefficient (Wildman–Crippen LogP) is 2.71. The second-order valence-corrected chi connectivity index (χ2v) is 5.17. The average molecular weight is 309 g/mol. The zero-order valence-electron chi connectivity index (χ0n) is 12.1. The van der Waals surface area contributed by atoms with Crippen LogP contribution >= 0.6 is 11.6 Å². The van der Waals surface area contributed by atoms with Gasteiger partial charge in [0.2, 0.25) is 0 Å². The van der Waals surface area contributed by atoms with Crippen LogP contribution in [0.15, 0.2) is 24.3 Å². The van der Waals surface area contributed by atoms with Crippen molar-refractivity contribution in [1.29, 1.82) is 0 Å². The summed E-state index contributed by atoms with van der Waals surface area (Å²) in [4.78, 5) is 11.9. The molecule has 1 aromatic carbocycles. The van der Waals surface area contributed by atoms with Crippen molar-refractivity contribution in [2.75, 3.05) is 18.2 Å². The lowest BCUT2D eigenvalue weighted by Gasteiger charge is -2.07. The molecular formula is C14H17ClN4O2. The molecule has 0 saturated carbocycles. The first-order valence-electron chi connectivity index (χ1n) is 6.44. The van der Waals surface area contributed by atoms with Crippen molar-refractivity contribution in [2.45, 2.75) is 19.9 Å². The lowest BCUT2D eigenvalue weighted by molar-refractivity contribution is 0.0603. The van der Waals surface area contributed by atoms with Gasteiger partial charge in [0.1, 0.15) is 11.4 Å². The Kier molecular flexibility index (Phi) is 4.37. The van der Waals surface area contributed by atoms with Gasteiger partial charge in [0.05, 0.1) is 17.8 Å². The minimum Gasteiger partial charge on any atom is -0.465 e. The summed E-state index contributed by atoms with van der Waals surface area (Å²) < 4.78 is 6.20. The maximum Gasteiger partial charge on any atom is 0.345 e. The number of carbonyl (C=O) groups excluding carboxylic acids is 1. The minimum atomic E-state index is -0.547. The number of nitrogens with zero attached hydrogens (tertiary/aromatic N) is 2. The van der Waals surface area contributed by atoms with E-state index in [1.807, 2.05) is 19.9 Å². The second kappa shape index (κ2) is 6.05. The number of halogens is 1. The number of methoxy groups -OCH3 is 1. The van der Waals surface area contributed by atoms with E-state index in [-0.39, 0.29) is 17.4 Å². The number of anilines is 2. The molecule has 0 bridgehead atoms. The van der Waals surface area contributed by atoms with Gasteiger partial charge in [-0.05, 0) is 26.0 Å². The van der Waals surface area contributed by atoms with Crippen LogP contribution in [0.2, 0.25) is 5.02 Å². The zero-order valence-corrected chi connectivity index (χ0v) is 12.8. The number of rotatable bonds is 4. The van der Waals surface area contributed by atoms with Crippen LogP contribution in [-0.4, -0.2) is 28.9 Å². The van der Waals surface area contributed by atoms with Crippen molar-refractivity contribution in [1.82, 2.24) is 9.78 Å². The highest BCUT2D eigenvalue weighted by molar-refractivity contribution is 6.32. The van der Waals surface area contributed by atoms with Crippen LogP contribution in [0.4, 0.5) is 11.6 Å². The van der Waals surface area contributed by atoms with Gasteiger partial charge in [-0.15, -0.1) is 5.10 Å². The third-order valence-electron chi connectivity index (χ3n) is 2.82. The monoisotopic (exact) mass is 308 g/mol. The van der Waals surface area contributed by atoms with Crippen LogP contribution < -0.4 is 11.1 Å². The molecule has 0 aliphatic carbocycles. The zero-order chi connectivity index (χ0) is 15.6. The van der Waals surface area contributed by atoms with E-state index < -0.39 is 5.97 Å². The highest BCUT2D eigenvalue weighted by Crippen LogP contribution is 2.29. The summed E-state index contributed by atoms with van der Waals surface area (Å²) in [7, 11) is 1.30. The Morgan fingerprint density at radius 1 is 1.43 bits per heavy atom. The summed E-state index contributed by atoms with van der Waals surface area (Å²) in [5.74, 6) is 0.00123. The molecule has 7 heteroatoms. The largest absolute Gasteiger partial charge is 0.465 e. The lowest BCUT2D eigenvalue weighted by atomic mass is 10.2. The van der Waals surface area contributed by atoms with Gasteiger partial charge in [-0.1, -0.05) is 23.7 Å². The molecule has 0 amide bonds. The van der Waals surface area contributed by atoms with Gasteiger partial charge < -0.3 is 15.8 Å². The summed E-state index contributed by atoms with van der Waals surface area (Å²) in [6.45, 7) is 3.87. The van der Waals surface area contributed by atoms with E-state index in [0.717, 1.165) is 0 Å². The molecule has 6 nitrogen and oxygen atoms in total. The van der Waals surface area contributed by atoms with Crippen LogP contribution in [0.3, 0.4) is 0 Å². The smallest absolute Gasteiger partial charge is 0.345 e. The number of para-hydroxylation sites is 1. The van der Waals surface area contributed by atoms with Crippen LogP contribution in [0.1, 0.15) is 24.2 Å². The molecule has 21 heavy (non-hydrogen) atoms. The normalized spacial score (nSPS) is 10.7. The Bertz CT molecular complexity index is 667. The maximum absolute atomic E-state index is 11.9. The molecule has 112 valence electrons. The molecule has 1 heterocycles. The van der Waals surface area contributed by atoms with E-state index in [2.05, 4.69) is 10.4 Å². The van der Waals surface area contributed by atoms with E-state index in [9.17, 15) is 4.79 Å². The van der Waals surface area contributed by atoms with Crippen molar-refractivity contribution < 1.29 is 9.53 Å². The van der Waals surface area contributed by atoms with Crippen molar-refractivity contribution in [2.24, 2.45) is 0 Å². The molecule has 0 aliphatic heterocycles. The van der Waals surface area contributed by atoms with E-state index >= 15 is 0 Å². The van der Waals surface area contributed by atoms with Crippen molar-refractivity contribution in [3.05, 3.63) is 34.9 Å². The van der Waals surface area contributed by atoms with Crippen molar-refractivity contribution in [3.8, 4) is 5.69 Å². The van der Waals surface area contributed by atoms with Gasteiger partial charge >= 0.3 is 5.97 Å². The number of aromatic nitrogens is 2. The molecule has 0 atom stereocenters. The molecule has 0 unspecified atom stereocenters. The number of hydrogen-bond donors (Lipinski definition) is 2. The topological polar surface area (TPSA) is 82.2 Å². The number of esters is 1. The molecular weight excluding hydrogens is 292 g/mol. The Hall–Kier alpha value is -2.21. The van der Waals surface area contributed by atoms with E-state index in [0.29, 0.717) is 16.5 Å². The van der Waals surface area contributed by atoms with Crippen LogP contribution in [0, 0.1) is 0 Å². The third kappa shape index (κ3) is 2.95. The fourth-order valence-electron chi connectivity index (χ4n) is 1.92. The number of nitrogens with one attached hydrogen (secondary N) is 1. The van der Waals surface area contributed by atoms with Gasteiger partial charge in [-0.25, -0.2) is 9.48 Å². The Labute approximate surface area is 127 Å². The summed E-state index contributed by atoms with van der Waals surface area (Å²) >= 11 is 6.16. The highest BCUT2D eigenvalue weighted by atomic mass is 35.5. The minimum absolute atomic E-state index is 0.0856. The van der Waals surface area contributed by atoms with Gasteiger partial charge in [0, 0.05) is 6.04 Å². The van der Waals surface area contributed by atoms with Gasteiger partial charge in [-0.3, -0.25) is 0 Å². The standard InChI is InChI=1S/C14H17ClN4O2/c1-8(2)17-13-11(14(20)21-3)12(16)19(18-13)10-7-5-4-6-9(10)15/h4-8H,16H2,1-3H3,(H,17,18). The second-order valence-electron chi connectivity index (χ2n) is 4.76. The van der Waals surface area contributed by atoms with Gasteiger partial charge in [0.25, 0.3) is 0 Å². The first-order valence-corrected chi connectivity index (χ1v) is 6.81. The number of hydrogen-bond acceptors (Lipinski definition) is 5. The molecule has 0 spiro atoms. The number of ether oxygens (including phenoxy) is 1. The summed E-state index contributed by atoms with van der Waals surface area (Å²) in [6.07, 6.45) is 0. The fourth-order valence-corrected chi connectivity index (χ4v) is 2.13. The van der Waals surface area contributed by atoms with Crippen LogP contribution in [-0.2, 0) is 4.74 Å². The fraction of sp³-hybridized carbons (Fsp3) is 0.286. The summed E-state index contributed by atoms with van der Waals surface area (Å²) in [5, 5.41) is 7.91. The lowest BCUT2D eigenvalue weighted by Crippen LogP contribution is -2.14. The molecule has 0 saturated heterocycles. The number of benzene rings is 1. The average Bonchev–Trinajstić information content (AvgIpc) is 2.74. The van der Waals surface area contributed by atoms with Crippen molar-refractivity contribution >= 4 is 29.2 Å². The molecule has 0 radical (unpaired) electrons.